The molecule has 0 saturated heterocycles. The molecular formula is C15H25N3O5S. The molecule has 0 radical (unpaired) electrons. The zero-order chi connectivity index (χ0) is 18.3. The Kier molecular flexibility index (Phi) is 7.53. The van der Waals surface area contributed by atoms with Crippen molar-refractivity contribution in [2.75, 3.05) is 12.9 Å². The Bertz CT molecular complexity index is 554. The molecule has 1 aromatic heterocycles. The van der Waals surface area contributed by atoms with Gasteiger partial charge in [0.15, 0.2) is 0 Å². The average Bonchev–Trinajstić information content (AvgIpc) is 2.90. The summed E-state index contributed by atoms with van der Waals surface area (Å²) in [7, 11) is 1.31. The third-order valence-corrected chi connectivity index (χ3v) is 3.45. The molecule has 0 bridgehead atoms. The van der Waals surface area contributed by atoms with Gasteiger partial charge in [0.2, 0.25) is 5.89 Å². The molecule has 1 amide bonds. The van der Waals surface area contributed by atoms with Crippen LogP contribution in [0.4, 0.5) is 4.79 Å². The minimum Gasteiger partial charge on any atom is -0.468 e. The van der Waals surface area contributed by atoms with Crippen LogP contribution in [0.3, 0.4) is 0 Å². The Morgan fingerprint density at radius 3 is 2.50 bits per heavy atom. The molecule has 9 heteroatoms. The van der Waals surface area contributed by atoms with Crippen molar-refractivity contribution in [1.82, 2.24) is 15.5 Å². The van der Waals surface area contributed by atoms with E-state index in [4.69, 9.17) is 9.15 Å². The lowest BCUT2D eigenvalue weighted by molar-refractivity contribution is -0.137. The molecule has 0 saturated carbocycles. The van der Waals surface area contributed by atoms with Gasteiger partial charge in [0, 0.05) is 0 Å². The fourth-order valence-corrected chi connectivity index (χ4v) is 2.34. The van der Waals surface area contributed by atoms with Crippen LogP contribution in [0.1, 0.15) is 53.0 Å². The molecule has 0 unspecified atom stereocenters. The monoisotopic (exact) mass is 359 g/mol. The van der Waals surface area contributed by atoms with Gasteiger partial charge in [0.05, 0.1) is 7.11 Å². The summed E-state index contributed by atoms with van der Waals surface area (Å²) in [4.78, 5) is 23.1. The number of methoxy groups -OCH3 is 1. The first-order valence-corrected chi connectivity index (χ1v) is 8.61. The lowest BCUT2D eigenvalue weighted by atomic mass is 10.0. The lowest BCUT2D eigenvalue weighted by Crippen LogP contribution is -2.35. The number of hydrogen-bond acceptors (Lipinski definition) is 8. The average molecular weight is 359 g/mol. The van der Waals surface area contributed by atoms with Crippen molar-refractivity contribution in [3.63, 3.8) is 0 Å². The molecule has 1 atom stereocenters. The minimum absolute atomic E-state index is 0.0759. The van der Waals surface area contributed by atoms with Crippen molar-refractivity contribution < 1.29 is 23.5 Å². The van der Waals surface area contributed by atoms with Gasteiger partial charge in [0.1, 0.15) is 17.4 Å². The standard InChI is InChI=1S/C15H25N3O5S/c1-9(2)7-10(16-13(20)23-15(3,4)5)12-17-18-14(22-12)24-8-11(19)21-6/h9-10H,7-8H2,1-6H3,(H,16,20)/t10-/m0/s1. The molecule has 24 heavy (non-hydrogen) atoms. The first-order chi connectivity index (χ1) is 11.1. The van der Waals surface area contributed by atoms with Crippen LogP contribution < -0.4 is 5.32 Å². The molecule has 0 aliphatic heterocycles. The number of rotatable bonds is 7. The lowest BCUT2D eigenvalue weighted by Gasteiger charge is -2.22. The number of esters is 1. The summed E-state index contributed by atoms with van der Waals surface area (Å²) in [5.74, 6) is 0.266. The third-order valence-electron chi connectivity index (χ3n) is 2.66. The van der Waals surface area contributed by atoms with E-state index in [9.17, 15) is 9.59 Å². The van der Waals surface area contributed by atoms with E-state index in [2.05, 4.69) is 20.3 Å². The minimum atomic E-state index is -0.594. The number of amides is 1. The van der Waals surface area contributed by atoms with Crippen LogP contribution in [0.15, 0.2) is 9.64 Å². The van der Waals surface area contributed by atoms with E-state index in [1.807, 2.05) is 13.8 Å². The largest absolute Gasteiger partial charge is 0.468 e. The molecule has 0 spiro atoms. The number of carbonyl (C=O) groups excluding carboxylic acids is 2. The maximum absolute atomic E-state index is 12.0. The number of aromatic nitrogens is 2. The molecule has 0 fully saturated rings. The molecule has 1 rings (SSSR count). The van der Waals surface area contributed by atoms with E-state index in [0.717, 1.165) is 11.8 Å². The zero-order valence-electron chi connectivity index (χ0n) is 14.9. The Labute approximate surface area is 146 Å². The quantitative estimate of drug-likeness (QED) is 0.585. The van der Waals surface area contributed by atoms with Crippen LogP contribution in [-0.2, 0) is 14.3 Å². The molecule has 0 aliphatic carbocycles. The third kappa shape index (κ3) is 7.67. The highest BCUT2D eigenvalue weighted by molar-refractivity contribution is 7.99. The highest BCUT2D eigenvalue weighted by Crippen LogP contribution is 2.24. The first-order valence-electron chi connectivity index (χ1n) is 7.63. The number of ether oxygens (including phenoxy) is 2. The highest BCUT2D eigenvalue weighted by atomic mass is 32.2. The molecule has 1 N–H and O–H groups in total. The van der Waals surface area contributed by atoms with E-state index >= 15 is 0 Å². The van der Waals surface area contributed by atoms with Crippen LogP contribution in [0.25, 0.3) is 0 Å². The second kappa shape index (κ2) is 8.91. The van der Waals surface area contributed by atoms with Crippen LogP contribution in [0, 0.1) is 5.92 Å². The Morgan fingerprint density at radius 1 is 1.29 bits per heavy atom. The molecule has 136 valence electrons. The predicted molar refractivity (Wildman–Crippen MR) is 88.6 cm³/mol. The van der Waals surface area contributed by atoms with Gasteiger partial charge in [-0.1, -0.05) is 25.6 Å². The van der Waals surface area contributed by atoms with Crippen molar-refractivity contribution in [2.45, 2.75) is 57.9 Å². The van der Waals surface area contributed by atoms with Gasteiger partial charge in [0.25, 0.3) is 5.22 Å². The summed E-state index contributed by atoms with van der Waals surface area (Å²) in [6, 6.07) is -0.458. The van der Waals surface area contributed by atoms with Crippen molar-refractivity contribution in [3.8, 4) is 0 Å². The maximum Gasteiger partial charge on any atom is 0.408 e. The normalized spacial score (nSPS) is 12.8. The van der Waals surface area contributed by atoms with Crippen molar-refractivity contribution in [3.05, 3.63) is 5.89 Å². The maximum atomic E-state index is 12.0. The zero-order valence-corrected chi connectivity index (χ0v) is 15.7. The summed E-state index contributed by atoms with van der Waals surface area (Å²) in [5, 5.41) is 10.8. The SMILES string of the molecule is COC(=O)CSc1nnc([C@H](CC(C)C)NC(=O)OC(C)(C)C)o1. The van der Waals surface area contributed by atoms with Crippen molar-refractivity contribution in [2.24, 2.45) is 5.92 Å². The summed E-state index contributed by atoms with van der Waals surface area (Å²) in [6.45, 7) is 9.41. The van der Waals surface area contributed by atoms with Crippen molar-refractivity contribution >= 4 is 23.8 Å². The van der Waals surface area contributed by atoms with E-state index in [1.165, 1.54) is 7.11 Å². The van der Waals surface area contributed by atoms with Crippen LogP contribution in [-0.4, -0.2) is 40.7 Å². The van der Waals surface area contributed by atoms with Gasteiger partial charge in [-0.25, -0.2) is 4.79 Å². The fourth-order valence-electron chi connectivity index (χ4n) is 1.74. The van der Waals surface area contributed by atoms with Crippen LogP contribution in [0.2, 0.25) is 0 Å². The number of carbonyl (C=O) groups is 2. The second-order valence-corrected chi connectivity index (χ2v) is 7.53. The van der Waals surface area contributed by atoms with Gasteiger partial charge in [-0.15, -0.1) is 10.2 Å². The van der Waals surface area contributed by atoms with E-state index in [-0.39, 0.29) is 22.8 Å². The highest BCUT2D eigenvalue weighted by Gasteiger charge is 2.25. The number of nitrogens with one attached hydrogen (secondary N) is 1. The smallest absolute Gasteiger partial charge is 0.408 e. The number of alkyl carbamates (subject to hydrolysis) is 1. The fraction of sp³-hybridized carbons (Fsp3) is 0.733. The van der Waals surface area contributed by atoms with Crippen molar-refractivity contribution in [1.29, 1.82) is 0 Å². The number of thioether (sulfide) groups is 1. The summed E-state index contributed by atoms with van der Waals surface area (Å²) >= 11 is 1.08. The molecule has 0 aliphatic rings. The Balaban J connectivity index is 2.76. The number of hydrogen-bond donors (Lipinski definition) is 1. The van der Waals surface area contributed by atoms with E-state index in [1.54, 1.807) is 20.8 Å². The molecule has 8 nitrogen and oxygen atoms in total. The molecular weight excluding hydrogens is 334 g/mol. The van der Waals surface area contributed by atoms with Gasteiger partial charge in [-0.2, -0.15) is 0 Å². The van der Waals surface area contributed by atoms with Gasteiger partial charge in [-0.3, -0.25) is 4.79 Å². The molecule has 1 aromatic rings. The Hall–Kier alpha value is -1.77. The summed E-state index contributed by atoms with van der Waals surface area (Å²) in [5.41, 5.74) is -0.594. The van der Waals surface area contributed by atoms with E-state index < -0.39 is 17.7 Å². The Morgan fingerprint density at radius 2 is 1.96 bits per heavy atom. The predicted octanol–water partition coefficient (Wildman–Crippen LogP) is 2.95. The number of nitrogens with zero attached hydrogens (tertiary/aromatic N) is 2. The van der Waals surface area contributed by atoms with Crippen LogP contribution in [0.5, 0.6) is 0 Å². The summed E-state index contributed by atoms with van der Waals surface area (Å²) in [6.07, 6.45) is 0.0674. The van der Waals surface area contributed by atoms with Gasteiger partial charge in [-0.05, 0) is 33.1 Å². The van der Waals surface area contributed by atoms with Gasteiger partial charge >= 0.3 is 12.1 Å². The summed E-state index contributed by atoms with van der Waals surface area (Å²) < 4.78 is 15.4. The van der Waals surface area contributed by atoms with E-state index in [0.29, 0.717) is 12.3 Å². The molecule has 0 aromatic carbocycles. The topological polar surface area (TPSA) is 104 Å². The second-order valence-electron chi connectivity index (χ2n) is 6.60. The first kappa shape index (κ1) is 20.3. The van der Waals surface area contributed by atoms with Gasteiger partial charge < -0.3 is 19.2 Å². The molecule has 1 heterocycles. The van der Waals surface area contributed by atoms with Crippen LogP contribution >= 0.6 is 11.8 Å².